The van der Waals surface area contributed by atoms with Gasteiger partial charge in [-0.1, -0.05) is 32.0 Å². The summed E-state index contributed by atoms with van der Waals surface area (Å²) in [5.41, 5.74) is 2.03. The zero-order chi connectivity index (χ0) is 27.1. The van der Waals surface area contributed by atoms with Crippen LogP contribution < -0.4 is 5.32 Å². The van der Waals surface area contributed by atoms with Crippen LogP contribution in [0, 0.1) is 11.6 Å². The first kappa shape index (κ1) is 26.9. The first-order valence-corrected chi connectivity index (χ1v) is 13.7. The number of carbonyl (C=O) groups is 1. The summed E-state index contributed by atoms with van der Waals surface area (Å²) in [6.45, 7) is 8.53. The maximum atomic E-state index is 13.8. The minimum Gasteiger partial charge on any atom is -0.360 e. The molecule has 37 heavy (non-hydrogen) atoms. The standard InChI is InChI=1S/C27H31F2N3O4S/c1-16(18-10-20(28)13-21(29)11-18)32-9-8-17-6-7-22(12-19(17)14-32)37(34,35)15-23-24(26(33)30-5)25(36-31-23)27(2,3)4/h6-7,10-13,16H,8-9,14-15H2,1-5H3,(H,30,33)/t16-/m1/s1. The van der Waals surface area contributed by atoms with Gasteiger partial charge in [0.25, 0.3) is 5.91 Å². The van der Waals surface area contributed by atoms with Gasteiger partial charge < -0.3 is 9.84 Å². The number of rotatable bonds is 6. The quantitative estimate of drug-likeness (QED) is 0.496. The van der Waals surface area contributed by atoms with Crippen LogP contribution in [0.4, 0.5) is 8.78 Å². The first-order chi connectivity index (χ1) is 17.3. The van der Waals surface area contributed by atoms with Crippen molar-refractivity contribution >= 4 is 15.7 Å². The van der Waals surface area contributed by atoms with E-state index in [1.807, 2.05) is 27.7 Å². The van der Waals surface area contributed by atoms with Crippen LogP contribution in [0.15, 0.2) is 45.8 Å². The second kappa shape index (κ2) is 9.98. The van der Waals surface area contributed by atoms with E-state index in [0.717, 1.165) is 17.2 Å². The van der Waals surface area contributed by atoms with Crippen molar-refractivity contribution < 1.29 is 26.5 Å². The number of amides is 1. The minimum atomic E-state index is -3.86. The van der Waals surface area contributed by atoms with E-state index < -0.39 is 38.5 Å². The zero-order valence-electron chi connectivity index (χ0n) is 21.6. The molecular weight excluding hydrogens is 500 g/mol. The van der Waals surface area contributed by atoms with Crippen molar-refractivity contribution in [1.29, 1.82) is 0 Å². The van der Waals surface area contributed by atoms with E-state index in [4.69, 9.17) is 4.52 Å². The summed E-state index contributed by atoms with van der Waals surface area (Å²) in [5.74, 6) is -1.89. The lowest BCUT2D eigenvalue weighted by molar-refractivity contribution is 0.0958. The predicted molar refractivity (Wildman–Crippen MR) is 135 cm³/mol. The summed E-state index contributed by atoms with van der Waals surface area (Å²) < 4.78 is 59.8. The molecule has 2 aromatic carbocycles. The minimum absolute atomic E-state index is 0.0605. The van der Waals surface area contributed by atoms with Gasteiger partial charge in [-0.3, -0.25) is 9.69 Å². The van der Waals surface area contributed by atoms with Crippen LogP contribution in [-0.2, 0) is 34.0 Å². The van der Waals surface area contributed by atoms with E-state index >= 15 is 0 Å². The maximum absolute atomic E-state index is 13.8. The van der Waals surface area contributed by atoms with E-state index in [9.17, 15) is 22.0 Å². The molecule has 0 aliphatic carbocycles. The summed E-state index contributed by atoms with van der Waals surface area (Å²) >= 11 is 0. The Morgan fingerprint density at radius 1 is 1.14 bits per heavy atom. The fourth-order valence-electron chi connectivity index (χ4n) is 4.66. The van der Waals surface area contributed by atoms with Crippen LogP contribution in [0.5, 0.6) is 0 Å². The van der Waals surface area contributed by atoms with Gasteiger partial charge in [-0.05, 0) is 54.3 Å². The van der Waals surface area contributed by atoms with E-state index in [1.165, 1.54) is 19.2 Å². The molecule has 1 N–H and O–H groups in total. The van der Waals surface area contributed by atoms with E-state index in [2.05, 4.69) is 15.4 Å². The number of fused-ring (bicyclic) bond motifs is 1. The van der Waals surface area contributed by atoms with Crippen LogP contribution in [0.3, 0.4) is 0 Å². The highest BCUT2D eigenvalue weighted by Crippen LogP contribution is 2.32. The Bertz CT molecular complexity index is 1420. The normalized spacial score (nSPS) is 15.3. The van der Waals surface area contributed by atoms with Crippen molar-refractivity contribution in [3.63, 3.8) is 0 Å². The number of nitrogens with zero attached hydrogens (tertiary/aromatic N) is 2. The predicted octanol–water partition coefficient (Wildman–Crippen LogP) is 4.70. The van der Waals surface area contributed by atoms with E-state index in [0.29, 0.717) is 30.8 Å². The molecule has 0 saturated carbocycles. The van der Waals surface area contributed by atoms with E-state index in [1.54, 1.807) is 18.2 Å². The second-order valence-corrected chi connectivity index (χ2v) is 12.4. The average Bonchev–Trinajstić information content (AvgIpc) is 3.25. The van der Waals surface area contributed by atoms with E-state index in [-0.39, 0.29) is 22.2 Å². The number of carbonyl (C=O) groups excluding carboxylic acids is 1. The van der Waals surface area contributed by atoms with Crippen LogP contribution in [0.25, 0.3) is 0 Å². The largest absolute Gasteiger partial charge is 0.360 e. The molecule has 1 amide bonds. The van der Waals surface area contributed by atoms with Crippen molar-refractivity contribution in [1.82, 2.24) is 15.4 Å². The summed E-state index contributed by atoms with van der Waals surface area (Å²) in [6.07, 6.45) is 0.677. The lowest BCUT2D eigenvalue weighted by Crippen LogP contribution is -2.33. The van der Waals surface area contributed by atoms with Gasteiger partial charge in [0.2, 0.25) is 0 Å². The molecule has 2 heterocycles. The third kappa shape index (κ3) is 5.60. The Labute approximate surface area is 215 Å². The summed E-state index contributed by atoms with van der Waals surface area (Å²) in [5, 5.41) is 6.48. The fourth-order valence-corrected chi connectivity index (χ4v) is 5.98. The number of hydrogen-bond donors (Lipinski definition) is 1. The molecule has 0 bridgehead atoms. The number of benzene rings is 2. The molecule has 10 heteroatoms. The smallest absolute Gasteiger partial charge is 0.256 e. The Kier molecular flexibility index (Phi) is 7.27. The van der Waals surface area contributed by atoms with Gasteiger partial charge in [-0.2, -0.15) is 0 Å². The summed E-state index contributed by atoms with van der Waals surface area (Å²) in [4.78, 5) is 14.7. The molecule has 1 aliphatic rings. The van der Waals surface area contributed by atoms with Crippen molar-refractivity contribution in [3.05, 3.63) is 81.7 Å². The number of aromatic nitrogens is 1. The van der Waals surface area contributed by atoms with Crippen LogP contribution >= 0.6 is 0 Å². The van der Waals surface area contributed by atoms with Crippen LogP contribution in [0.1, 0.15) is 72.2 Å². The molecule has 1 atom stereocenters. The molecular formula is C27H31F2N3O4S. The van der Waals surface area contributed by atoms with Crippen molar-refractivity contribution in [2.24, 2.45) is 0 Å². The van der Waals surface area contributed by atoms with Crippen molar-refractivity contribution in [2.75, 3.05) is 13.6 Å². The number of sulfone groups is 1. The molecule has 198 valence electrons. The third-order valence-electron chi connectivity index (χ3n) is 6.72. The highest BCUT2D eigenvalue weighted by molar-refractivity contribution is 7.90. The molecule has 4 rings (SSSR count). The molecule has 7 nitrogen and oxygen atoms in total. The molecule has 0 saturated heterocycles. The van der Waals surface area contributed by atoms with Gasteiger partial charge >= 0.3 is 0 Å². The zero-order valence-corrected chi connectivity index (χ0v) is 22.4. The Morgan fingerprint density at radius 3 is 2.43 bits per heavy atom. The SMILES string of the molecule is CNC(=O)c1c(CS(=O)(=O)c2ccc3c(c2)CN([C@H](C)c2cc(F)cc(F)c2)CC3)noc1C(C)(C)C. The Morgan fingerprint density at radius 2 is 1.81 bits per heavy atom. The summed E-state index contributed by atoms with van der Waals surface area (Å²) in [7, 11) is -2.40. The lowest BCUT2D eigenvalue weighted by atomic mass is 9.89. The van der Waals surface area contributed by atoms with Crippen molar-refractivity contribution in [3.8, 4) is 0 Å². The number of halogens is 2. The van der Waals surface area contributed by atoms with Gasteiger partial charge in [0.15, 0.2) is 15.6 Å². The second-order valence-electron chi connectivity index (χ2n) is 10.5. The van der Waals surface area contributed by atoms with Crippen LogP contribution in [-0.4, -0.2) is 38.0 Å². The monoisotopic (exact) mass is 531 g/mol. The molecule has 0 radical (unpaired) electrons. The topological polar surface area (TPSA) is 92.5 Å². The highest BCUT2D eigenvalue weighted by Gasteiger charge is 2.33. The van der Waals surface area contributed by atoms with Gasteiger partial charge in [-0.15, -0.1) is 0 Å². The number of hydrogen-bond acceptors (Lipinski definition) is 6. The third-order valence-corrected chi connectivity index (χ3v) is 8.34. The Balaban J connectivity index is 1.61. The van der Waals surface area contributed by atoms with Crippen LogP contribution in [0.2, 0.25) is 0 Å². The fraction of sp³-hybridized carbons (Fsp3) is 0.407. The van der Waals surface area contributed by atoms with Gasteiger partial charge in [-0.25, -0.2) is 17.2 Å². The average molecular weight is 532 g/mol. The first-order valence-electron chi connectivity index (χ1n) is 12.1. The Hall–Kier alpha value is -3.11. The molecule has 0 unspecified atom stereocenters. The molecule has 1 aromatic heterocycles. The number of nitrogens with one attached hydrogen (secondary N) is 1. The molecule has 1 aliphatic heterocycles. The summed E-state index contributed by atoms with van der Waals surface area (Å²) in [6, 6.07) is 8.22. The maximum Gasteiger partial charge on any atom is 0.256 e. The lowest BCUT2D eigenvalue weighted by Gasteiger charge is -2.34. The van der Waals surface area contributed by atoms with Gasteiger partial charge in [0.1, 0.15) is 28.6 Å². The van der Waals surface area contributed by atoms with Crippen molar-refractivity contribution in [2.45, 2.75) is 62.8 Å². The molecule has 0 spiro atoms. The molecule has 3 aromatic rings. The highest BCUT2D eigenvalue weighted by atomic mass is 32.2. The molecule has 0 fully saturated rings. The van der Waals surface area contributed by atoms with Gasteiger partial charge in [0, 0.05) is 37.7 Å². The van der Waals surface area contributed by atoms with Gasteiger partial charge in [0.05, 0.1) is 4.90 Å².